The molecule has 0 aliphatic carbocycles. The average Bonchev–Trinajstić information content (AvgIpc) is 2.41. The Balaban J connectivity index is 2.99. The van der Waals surface area contributed by atoms with E-state index < -0.39 is 13.0 Å². The Hall–Kier alpha value is 0.280. The summed E-state index contributed by atoms with van der Waals surface area (Å²) in [4.78, 5) is 10.8. The third-order valence-electron chi connectivity index (χ3n) is 1.78. The van der Waals surface area contributed by atoms with Gasteiger partial charge in [0.05, 0.1) is 25.2 Å². The number of nitrogens with zero attached hydrogens (tertiary/aromatic N) is 3. The summed E-state index contributed by atoms with van der Waals surface area (Å²) in [5.41, 5.74) is -0.352. The smallest absolute Gasteiger partial charge is 0.395 e. The molecule has 12 heteroatoms. The van der Waals surface area contributed by atoms with E-state index in [9.17, 15) is 4.57 Å². The molecule has 1 aromatic heterocycles. The van der Waals surface area contributed by atoms with Crippen molar-refractivity contribution in [3.8, 4) is 0 Å². The molecule has 0 aliphatic rings. The lowest BCUT2D eigenvalue weighted by atomic mass is 10.5. The second-order valence-corrected chi connectivity index (χ2v) is 6.85. The minimum Gasteiger partial charge on any atom is -0.395 e. The van der Waals surface area contributed by atoms with Crippen LogP contribution >= 0.6 is 54.0 Å². The van der Waals surface area contributed by atoms with Crippen LogP contribution in [0.3, 0.4) is 0 Å². The first-order valence-electron chi connectivity index (χ1n) is 5.19. The van der Waals surface area contributed by atoms with Crippen molar-refractivity contribution in [3.05, 3.63) is 10.6 Å². The van der Waals surface area contributed by atoms with Crippen molar-refractivity contribution in [2.24, 2.45) is 0 Å². The first-order chi connectivity index (χ1) is 9.41. The zero-order valence-corrected chi connectivity index (χ0v) is 13.8. The molecule has 0 aromatic carbocycles. The molecule has 114 valence electrons. The van der Waals surface area contributed by atoms with Gasteiger partial charge in [-0.2, -0.15) is 15.0 Å². The Labute approximate surface area is 135 Å². The van der Waals surface area contributed by atoms with E-state index in [4.69, 9.17) is 60.6 Å². The molecule has 0 saturated heterocycles. The van der Waals surface area contributed by atoms with Crippen molar-refractivity contribution in [2.45, 2.75) is 5.38 Å². The Bertz CT molecular complexity index is 475. The van der Waals surface area contributed by atoms with Crippen LogP contribution in [0.4, 0.5) is 0 Å². The summed E-state index contributed by atoms with van der Waals surface area (Å²) in [5.74, 6) is 0.0736. The van der Waals surface area contributed by atoms with Gasteiger partial charge in [0.25, 0.3) is 0 Å². The minimum atomic E-state index is -3.92. The molecule has 1 aromatic rings. The molecule has 7 nitrogen and oxygen atoms in total. The van der Waals surface area contributed by atoms with Crippen LogP contribution in [-0.2, 0) is 13.6 Å². The van der Waals surface area contributed by atoms with E-state index in [1.165, 1.54) is 0 Å². The molecule has 1 rings (SSSR count). The van der Waals surface area contributed by atoms with Gasteiger partial charge in [0.15, 0.2) is 0 Å². The van der Waals surface area contributed by atoms with Crippen molar-refractivity contribution in [1.29, 1.82) is 0 Å². The lowest BCUT2D eigenvalue weighted by Gasteiger charge is -2.17. The third kappa shape index (κ3) is 5.58. The number of alkyl halides is 2. The van der Waals surface area contributed by atoms with Crippen molar-refractivity contribution >= 4 is 59.6 Å². The van der Waals surface area contributed by atoms with Crippen LogP contribution in [0.5, 0.6) is 0 Å². The fourth-order valence-electron chi connectivity index (χ4n) is 0.978. The van der Waals surface area contributed by atoms with E-state index in [1.807, 2.05) is 0 Å². The van der Waals surface area contributed by atoms with E-state index >= 15 is 0 Å². The maximum atomic E-state index is 12.6. The van der Waals surface area contributed by atoms with E-state index in [-0.39, 0.29) is 41.8 Å². The molecule has 20 heavy (non-hydrogen) atoms. The lowest BCUT2D eigenvalue weighted by molar-refractivity contribution is 0.198. The Morgan fingerprint density at radius 2 is 1.80 bits per heavy atom. The number of halogens is 4. The quantitative estimate of drug-likeness (QED) is 0.540. The molecule has 1 heterocycles. The minimum absolute atomic E-state index is 0.0736. The maximum Gasteiger partial charge on any atom is 0.398 e. The predicted octanol–water partition coefficient (Wildman–Crippen LogP) is 1.87. The van der Waals surface area contributed by atoms with Crippen LogP contribution in [0.1, 0.15) is 0 Å². The summed E-state index contributed by atoms with van der Waals surface area (Å²) < 4.78 is 22.7. The first kappa shape index (κ1) is 18.3. The number of hydrogen-bond donors (Lipinski definition) is 1. The molecule has 0 bridgehead atoms. The van der Waals surface area contributed by atoms with Gasteiger partial charge in [0.1, 0.15) is 0 Å². The number of aliphatic hydroxyl groups excluding tert-OH is 1. The Kier molecular flexibility index (Phi) is 7.93. The highest BCUT2D eigenvalue weighted by molar-refractivity contribution is 7.61. The van der Waals surface area contributed by atoms with Gasteiger partial charge in [-0.15, -0.1) is 23.2 Å². The summed E-state index contributed by atoms with van der Waals surface area (Å²) in [6.45, 7) is -0.694. The third-order valence-corrected chi connectivity index (χ3v) is 4.23. The van der Waals surface area contributed by atoms with E-state index in [0.29, 0.717) is 0 Å². The van der Waals surface area contributed by atoms with Gasteiger partial charge < -0.3 is 14.2 Å². The first-order valence-corrected chi connectivity index (χ1v) is 8.46. The molecule has 0 fully saturated rings. The van der Waals surface area contributed by atoms with E-state index in [1.54, 1.807) is 0 Å². The topological polar surface area (TPSA) is 94.4 Å². The molecule has 2 unspecified atom stereocenters. The summed E-state index contributed by atoms with van der Waals surface area (Å²) in [5, 5.41) is 7.53. The molecule has 1 N–H and O–H groups in total. The highest BCUT2D eigenvalue weighted by Crippen LogP contribution is 2.46. The number of aliphatic hydroxyl groups is 1. The Morgan fingerprint density at radius 1 is 1.20 bits per heavy atom. The van der Waals surface area contributed by atoms with Gasteiger partial charge in [-0.25, -0.2) is 0 Å². The summed E-state index contributed by atoms with van der Waals surface area (Å²) in [7, 11) is -3.92. The molecule has 0 aliphatic heterocycles. The highest BCUT2D eigenvalue weighted by atomic mass is 35.5. The standard InChI is InChI=1S/C8H10Cl4N3O4P/c9-1-2-18-20(17,19-4-5(10)3-16)8-14-6(11)13-7(12)15-8/h5,16H,1-4H2. The second kappa shape index (κ2) is 8.66. The van der Waals surface area contributed by atoms with E-state index in [0.717, 1.165) is 0 Å². The van der Waals surface area contributed by atoms with Crippen LogP contribution in [0, 0.1) is 0 Å². The summed E-state index contributed by atoms with van der Waals surface area (Å²) in [6.07, 6.45) is 0. The van der Waals surface area contributed by atoms with Crippen LogP contribution in [0.2, 0.25) is 10.6 Å². The monoisotopic (exact) mass is 383 g/mol. The summed E-state index contributed by atoms with van der Waals surface area (Å²) >= 11 is 22.4. The zero-order chi connectivity index (χ0) is 15.2. The lowest BCUT2D eigenvalue weighted by Crippen LogP contribution is -2.23. The molecule has 0 amide bonds. The fourth-order valence-corrected chi connectivity index (χ4v) is 3.24. The van der Waals surface area contributed by atoms with Crippen LogP contribution in [0.15, 0.2) is 0 Å². The molecular formula is C8H10Cl4N3O4P. The molecule has 0 spiro atoms. The van der Waals surface area contributed by atoms with Crippen LogP contribution in [0.25, 0.3) is 0 Å². The van der Waals surface area contributed by atoms with Gasteiger partial charge in [-0.05, 0) is 23.2 Å². The van der Waals surface area contributed by atoms with Crippen molar-refractivity contribution in [2.75, 3.05) is 25.7 Å². The average molecular weight is 385 g/mol. The maximum absolute atomic E-state index is 12.6. The molecule has 0 saturated carbocycles. The Morgan fingerprint density at radius 3 is 2.30 bits per heavy atom. The second-order valence-electron chi connectivity index (χ2n) is 3.27. The van der Waals surface area contributed by atoms with Gasteiger partial charge in [0, 0.05) is 5.88 Å². The fraction of sp³-hybridized carbons (Fsp3) is 0.625. The van der Waals surface area contributed by atoms with Gasteiger partial charge in [-0.1, -0.05) is 0 Å². The predicted molar refractivity (Wildman–Crippen MR) is 76.4 cm³/mol. The zero-order valence-electron chi connectivity index (χ0n) is 9.88. The molecular weight excluding hydrogens is 375 g/mol. The van der Waals surface area contributed by atoms with Crippen molar-refractivity contribution < 1.29 is 18.7 Å². The van der Waals surface area contributed by atoms with Gasteiger partial charge in [-0.3, -0.25) is 4.57 Å². The van der Waals surface area contributed by atoms with Crippen LogP contribution < -0.4 is 5.57 Å². The van der Waals surface area contributed by atoms with Crippen LogP contribution in [-0.4, -0.2) is 51.1 Å². The van der Waals surface area contributed by atoms with Crippen molar-refractivity contribution in [1.82, 2.24) is 15.0 Å². The highest BCUT2D eigenvalue weighted by Gasteiger charge is 2.33. The van der Waals surface area contributed by atoms with Gasteiger partial charge in [0.2, 0.25) is 16.1 Å². The van der Waals surface area contributed by atoms with Crippen molar-refractivity contribution in [3.63, 3.8) is 0 Å². The summed E-state index contributed by atoms with van der Waals surface area (Å²) in [6, 6.07) is 0. The van der Waals surface area contributed by atoms with E-state index in [2.05, 4.69) is 15.0 Å². The molecule has 0 radical (unpaired) electrons. The molecule has 2 atom stereocenters. The largest absolute Gasteiger partial charge is 0.398 e. The normalized spacial score (nSPS) is 15.8. The number of aromatic nitrogens is 3. The number of rotatable bonds is 8. The van der Waals surface area contributed by atoms with Gasteiger partial charge >= 0.3 is 7.60 Å². The number of hydrogen-bond acceptors (Lipinski definition) is 7. The SMILES string of the molecule is O=P(OCCCl)(OCC(Cl)CO)c1nc(Cl)nc(Cl)n1.